The summed E-state index contributed by atoms with van der Waals surface area (Å²) < 4.78 is 10.6. The molecule has 1 aromatic rings. The molecule has 1 heterocycles. The van der Waals surface area contributed by atoms with Gasteiger partial charge in [0.1, 0.15) is 17.0 Å². The highest BCUT2D eigenvalue weighted by molar-refractivity contribution is 5.79. The number of hydrogen-bond donors (Lipinski definition) is 2. The summed E-state index contributed by atoms with van der Waals surface area (Å²) in [6.45, 7) is 3.01. The van der Waals surface area contributed by atoms with Crippen molar-refractivity contribution < 1.29 is 19.4 Å². The fourth-order valence-electron chi connectivity index (χ4n) is 2.73. The van der Waals surface area contributed by atoms with E-state index in [1.165, 1.54) is 0 Å². The monoisotopic (exact) mass is 294 g/mol. The maximum absolute atomic E-state index is 11.2. The van der Waals surface area contributed by atoms with Gasteiger partial charge in [-0.15, -0.1) is 0 Å². The van der Waals surface area contributed by atoms with Gasteiger partial charge in [0.2, 0.25) is 0 Å². The molecule has 0 spiro atoms. The van der Waals surface area contributed by atoms with Crippen molar-refractivity contribution >= 4 is 5.97 Å². The van der Waals surface area contributed by atoms with E-state index in [-0.39, 0.29) is 6.04 Å². The molecule has 0 aliphatic carbocycles. The highest BCUT2D eigenvalue weighted by Crippen LogP contribution is 2.35. The molecule has 1 fully saturated rings. The molecule has 2 atom stereocenters. The fourth-order valence-corrected chi connectivity index (χ4v) is 2.73. The molecule has 1 aromatic carbocycles. The summed E-state index contributed by atoms with van der Waals surface area (Å²) in [7, 11) is 3.22. The van der Waals surface area contributed by atoms with Crippen molar-refractivity contribution in [3.05, 3.63) is 23.8 Å². The first-order valence-corrected chi connectivity index (χ1v) is 6.89. The molecule has 1 saturated heterocycles. The summed E-state index contributed by atoms with van der Waals surface area (Å²) in [4.78, 5) is 13.3. The van der Waals surface area contributed by atoms with Gasteiger partial charge in [0.25, 0.3) is 0 Å². The minimum absolute atomic E-state index is 0.0237. The summed E-state index contributed by atoms with van der Waals surface area (Å²) in [6, 6.07) is 5.67. The zero-order chi connectivity index (χ0) is 15.6. The van der Waals surface area contributed by atoms with Gasteiger partial charge in [-0.25, -0.2) is 0 Å². The van der Waals surface area contributed by atoms with Gasteiger partial charge in [-0.2, -0.15) is 0 Å². The highest BCUT2D eigenvalue weighted by atomic mass is 16.5. The number of benzene rings is 1. The molecule has 2 unspecified atom stereocenters. The van der Waals surface area contributed by atoms with Crippen LogP contribution in [0.1, 0.15) is 24.9 Å². The van der Waals surface area contributed by atoms with Crippen LogP contribution in [-0.4, -0.2) is 48.8 Å². The van der Waals surface area contributed by atoms with Crippen LogP contribution < -0.4 is 15.2 Å². The average Bonchev–Trinajstić information content (AvgIpc) is 2.89. The number of ether oxygens (including phenoxy) is 2. The van der Waals surface area contributed by atoms with E-state index in [0.717, 1.165) is 17.1 Å². The number of nitrogens with two attached hydrogens (primary N) is 1. The van der Waals surface area contributed by atoms with Gasteiger partial charge in [-0.05, 0) is 19.4 Å². The molecule has 6 heteroatoms. The van der Waals surface area contributed by atoms with E-state index in [0.29, 0.717) is 19.5 Å². The molecule has 0 bridgehead atoms. The molecule has 6 nitrogen and oxygen atoms in total. The summed E-state index contributed by atoms with van der Waals surface area (Å²) in [5, 5.41) is 9.22. The number of rotatable bonds is 5. The van der Waals surface area contributed by atoms with E-state index in [1.807, 2.05) is 25.1 Å². The predicted octanol–water partition coefficient (Wildman–Crippen LogP) is 1.25. The van der Waals surface area contributed by atoms with Crippen molar-refractivity contribution in [1.29, 1.82) is 0 Å². The van der Waals surface area contributed by atoms with Crippen LogP contribution in [0.5, 0.6) is 11.5 Å². The smallest absolute Gasteiger partial charge is 0.325 e. The van der Waals surface area contributed by atoms with Crippen LogP contribution in [0.15, 0.2) is 18.2 Å². The second kappa shape index (κ2) is 5.91. The normalized spacial score (nSPS) is 23.8. The molecule has 3 N–H and O–H groups in total. The molecule has 116 valence electrons. The molecule has 1 aliphatic rings. The average molecular weight is 294 g/mol. The summed E-state index contributed by atoms with van der Waals surface area (Å²) in [6.07, 6.45) is 0.450. The Kier molecular flexibility index (Phi) is 4.39. The predicted molar refractivity (Wildman–Crippen MR) is 78.7 cm³/mol. The second-order valence-electron chi connectivity index (χ2n) is 5.47. The Morgan fingerprint density at radius 3 is 2.67 bits per heavy atom. The van der Waals surface area contributed by atoms with E-state index in [9.17, 15) is 9.90 Å². The zero-order valence-electron chi connectivity index (χ0n) is 12.6. The number of aliphatic carboxylic acids is 1. The van der Waals surface area contributed by atoms with E-state index in [4.69, 9.17) is 15.2 Å². The first-order chi connectivity index (χ1) is 9.91. The lowest BCUT2D eigenvalue weighted by atomic mass is 10.0. The van der Waals surface area contributed by atoms with E-state index in [1.54, 1.807) is 14.2 Å². The minimum Gasteiger partial charge on any atom is -0.497 e. The highest BCUT2D eigenvalue weighted by Gasteiger charge is 2.43. The molecule has 2 rings (SSSR count). The Balaban J connectivity index is 2.21. The van der Waals surface area contributed by atoms with Crippen molar-refractivity contribution in [3.63, 3.8) is 0 Å². The Hall–Kier alpha value is -1.79. The third-order valence-corrected chi connectivity index (χ3v) is 4.19. The maximum Gasteiger partial charge on any atom is 0.325 e. The third kappa shape index (κ3) is 2.96. The Labute approximate surface area is 124 Å². The number of carboxylic acids is 1. The fraction of sp³-hybridized carbons (Fsp3) is 0.533. The molecule has 0 aromatic heterocycles. The van der Waals surface area contributed by atoms with Gasteiger partial charge < -0.3 is 20.3 Å². The van der Waals surface area contributed by atoms with Crippen molar-refractivity contribution in [2.24, 2.45) is 5.73 Å². The van der Waals surface area contributed by atoms with Crippen molar-refractivity contribution in [1.82, 2.24) is 4.90 Å². The van der Waals surface area contributed by atoms with Crippen LogP contribution in [-0.2, 0) is 4.79 Å². The third-order valence-electron chi connectivity index (χ3n) is 4.19. The van der Waals surface area contributed by atoms with Gasteiger partial charge in [-0.3, -0.25) is 9.69 Å². The number of likely N-dealkylation sites (tertiary alicyclic amines) is 1. The van der Waals surface area contributed by atoms with E-state index >= 15 is 0 Å². The number of carbonyl (C=O) groups is 1. The minimum atomic E-state index is -1.16. The first kappa shape index (κ1) is 15.6. The lowest BCUT2D eigenvalue weighted by molar-refractivity contribution is -0.142. The van der Waals surface area contributed by atoms with Gasteiger partial charge in [0.15, 0.2) is 0 Å². The molecular formula is C15H22N2O4. The van der Waals surface area contributed by atoms with E-state index < -0.39 is 11.5 Å². The van der Waals surface area contributed by atoms with Crippen molar-refractivity contribution in [2.75, 3.05) is 27.3 Å². The molecule has 0 radical (unpaired) electrons. The lowest BCUT2D eigenvalue weighted by Crippen LogP contribution is -2.50. The van der Waals surface area contributed by atoms with Crippen LogP contribution in [0.4, 0.5) is 0 Å². The summed E-state index contributed by atoms with van der Waals surface area (Å²) >= 11 is 0. The summed E-state index contributed by atoms with van der Waals surface area (Å²) in [5.74, 6) is 0.508. The standard InChI is InChI=1S/C15H22N2O4/c1-10(17-7-6-15(16,9-17)14(18)19)12-5-4-11(20-2)8-13(12)21-3/h4-5,8,10H,6-7,9,16H2,1-3H3,(H,18,19). The quantitative estimate of drug-likeness (QED) is 0.850. The number of methoxy groups -OCH3 is 2. The topological polar surface area (TPSA) is 85.0 Å². The molecule has 21 heavy (non-hydrogen) atoms. The van der Waals surface area contributed by atoms with E-state index in [2.05, 4.69) is 4.90 Å². The number of nitrogens with zero attached hydrogens (tertiary/aromatic N) is 1. The number of hydrogen-bond acceptors (Lipinski definition) is 5. The summed E-state index contributed by atoms with van der Waals surface area (Å²) in [5.41, 5.74) is 5.77. The van der Waals surface area contributed by atoms with Gasteiger partial charge in [0, 0.05) is 30.8 Å². The maximum atomic E-state index is 11.2. The Morgan fingerprint density at radius 1 is 1.43 bits per heavy atom. The molecular weight excluding hydrogens is 272 g/mol. The first-order valence-electron chi connectivity index (χ1n) is 6.89. The van der Waals surface area contributed by atoms with Crippen LogP contribution in [0, 0.1) is 0 Å². The number of carboxylic acid groups (broad SMARTS) is 1. The van der Waals surface area contributed by atoms with Crippen molar-refractivity contribution in [3.8, 4) is 11.5 Å². The van der Waals surface area contributed by atoms with Crippen molar-refractivity contribution in [2.45, 2.75) is 24.9 Å². The van der Waals surface area contributed by atoms with Crippen LogP contribution in [0.2, 0.25) is 0 Å². The molecule has 0 saturated carbocycles. The molecule has 0 amide bonds. The van der Waals surface area contributed by atoms with Gasteiger partial charge >= 0.3 is 5.97 Å². The van der Waals surface area contributed by atoms with Crippen LogP contribution in [0.25, 0.3) is 0 Å². The SMILES string of the molecule is COc1ccc(C(C)N2CCC(N)(C(=O)O)C2)c(OC)c1. The van der Waals surface area contributed by atoms with Crippen LogP contribution >= 0.6 is 0 Å². The molecule has 1 aliphatic heterocycles. The second-order valence-corrected chi connectivity index (χ2v) is 5.47. The Morgan fingerprint density at radius 2 is 2.14 bits per heavy atom. The van der Waals surface area contributed by atoms with Gasteiger partial charge in [0.05, 0.1) is 14.2 Å². The van der Waals surface area contributed by atoms with Gasteiger partial charge in [-0.1, -0.05) is 6.07 Å². The lowest BCUT2D eigenvalue weighted by Gasteiger charge is -2.27. The van der Waals surface area contributed by atoms with Crippen LogP contribution in [0.3, 0.4) is 0 Å². The largest absolute Gasteiger partial charge is 0.497 e. The Bertz CT molecular complexity index is 534. The zero-order valence-corrected chi connectivity index (χ0v) is 12.6.